The first-order chi connectivity index (χ1) is 28.1. The summed E-state index contributed by atoms with van der Waals surface area (Å²) >= 11 is 0. The van der Waals surface area contributed by atoms with E-state index in [9.17, 15) is 0 Å². The van der Waals surface area contributed by atoms with Gasteiger partial charge < -0.3 is 0 Å². The third-order valence-electron chi connectivity index (χ3n) is 11.9. The molecule has 0 atom stereocenters. The minimum atomic E-state index is -0.114. The van der Waals surface area contributed by atoms with Crippen molar-refractivity contribution in [1.82, 2.24) is 24.1 Å². The second-order valence-electron chi connectivity index (χ2n) is 16.1. The van der Waals surface area contributed by atoms with E-state index in [2.05, 4.69) is 165 Å². The number of hydrogen-bond acceptors (Lipinski definition) is 3. The molecule has 2 aliphatic carbocycles. The molecule has 0 spiro atoms. The molecule has 5 aromatic carbocycles. The Bertz CT molecular complexity index is 2930. The van der Waals surface area contributed by atoms with Crippen molar-refractivity contribution < 1.29 is 0 Å². The van der Waals surface area contributed by atoms with Gasteiger partial charge in [0.2, 0.25) is 0 Å². The van der Waals surface area contributed by atoms with Gasteiger partial charge in [0.25, 0.3) is 0 Å². The highest BCUT2D eigenvalue weighted by molar-refractivity contribution is 6.11. The molecule has 5 nitrogen and oxygen atoms in total. The van der Waals surface area contributed by atoms with Crippen LogP contribution in [0, 0.1) is 0 Å². The SMILES string of the molecule is C=C/C=C\C.C=CC.CC1(C)c2ccccc2-c2ccc(-n3c4ccccc4c4nc5c(nc43)c3ncccc3n5-c3ccc4c(c3)C(C)(C)c3ccccc3-4)cc21. The van der Waals surface area contributed by atoms with Gasteiger partial charge in [-0.1, -0.05) is 137 Å². The maximum Gasteiger partial charge on any atom is 0.166 e. The van der Waals surface area contributed by atoms with Gasteiger partial charge in [0.15, 0.2) is 11.3 Å². The van der Waals surface area contributed by atoms with Gasteiger partial charge in [0, 0.05) is 33.8 Å². The molecule has 4 aromatic heterocycles. The minimum Gasteiger partial charge on any atom is -0.293 e. The number of pyridine rings is 1. The van der Waals surface area contributed by atoms with Crippen LogP contribution in [-0.2, 0) is 10.8 Å². The van der Waals surface area contributed by atoms with Crippen molar-refractivity contribution >= 4 is 44.3 Å². The summed E-state index contributed by atoms with van der Waals surface area (Å²) in [5.74, 6) is 0. The van der Waals surface area contributed by atoms with E-state index in [0.717, 1.165) is 55.6 Å². The summed E-state index contributed by atoms with van der Waals surface area (Å²) in [5, 5.41) is 1.08. The minimum absolute atomic E-state index is 0.108. The van der Waals surface area contributed by atoms with E-state index in [1.165, 1.54) is 44.5 Å². The normalized spacial score (nSPS) is 14.0. The predicted molar refractivity (Wildman–Crippen MR) is 245 cm³/mol. The first-order valence-corrected chi connectivity index (χ1v) is 20.0. The van der Waals surface area contributed by atoms with E-state index in [1.807, 2.05) is 38.3 Å². The zero-order valence-electron chi connectivity index (χ0n) is 34.1. The lowest BCUT2D eigenvalue weighted by molar-refractivity contribution is 0.659. The highest BCUT2D eigenvalue weighted by Crippen LogP contribution is 2.51. The smallest absolute Gasteiger partial charge is 0.166 e. The summed E-state index contributed by atoms with van der Waals surface area (Å²) in [6.45, 7) is 20.0. The van der Waals surface area contributed by atoms with Crippen LogP contribution in [0.2, 0.25) is 0 Å². The highest BCUT2D eigenvalue weighted by atomic mass is 15.1. The van der Waals surface area contributed by atoms with Crippen LogP contribution in [0.15, 0.2) is 165 Å². The summed E-state index contributed by atoms with van der Waals surface area (Å²) in [7, 11) is 0. The first kappa shape index (κ1) is 36.8. The molecule has 0 saturated carbocycles. The molecule has 0 unspecified atom stereocenters. The zero-order chi connectivity index (χ0) is 40.3. The molecular formula is C53H47N5. The Kier molecular flexibility index (Phi) is 8.85. The van der Waals surface area contributed by atoms with E-state index in [0.29, 0.717) is 0 Å². The molecule has 11 rings (SSSR count). The van der Waals surface area contributed by atoms with Crippen molar-refractivity contribution in [3.8, 4) is 33.6 Å². The van der Waals surface area contributed by atoms with E-state index in [4.69, 9.17) is 15.0 Å². The van der Waals surface area contributed by atoms with Crippen LogP contribution >= 0.6 is 0 Å². The van der Waals surface area contributed by atoms with Gasteiger partial charge in [-0.2, -0.15) is 0 Å². The lowest BCUT2D eigenvalue weighted by atomic mass is 9.82. The fourth-order valence-corrected chi connectivity index (χ4v) is 9.25. The summed E-state index contributed by atoms with van der Waals surface area (Å²) in [4.78, 5) is 15.9. The zero-order valence-corrected chi connectivity index (χ0v) is 34.1. The number of allylic oxidation sites excluding steroid dienone is 4. The molecule has 58 heavy (non-hydrogen) atoms. The molecular weight excluding hydrogens is 707 g/mol. The van der Waals surface area contributed by atoms with Crippen LogP contribution in [-0.4, -0.2) is 24.1 Å². The molecule has 0 N–H and O–H groups in total. The van der Waals surface area contributed by atoms with Gasteiger partial charge in [0.05, 0.1) is 11.0 Å². The summed E-state index contributed by atoms with van der Waals surface area (Å²) in [5.41, 5.74) is 18.8. The fourth-order valence-electron chi connectivity index (χ4n) is 9.25. The molecule has 0 saturated heterocycles. The largest absolute Gasteiger partial charge is 0.293 e. The lowest BCUT2D eigenvalue weighted by Crippen LogP contribution is -2.15. The van der Waals surface area contributed by atoms with E-state index in [-0.39, 0.29) is 10.8 Å². The van der Waals surface area contributed by atoms with Gasteiger partial charge in [-0.3, -0.25) is 14.1 Å². The Balaban J connectivity index is 0.000000502. The Morgan fingerprint density at radius 3 is 1.57 bits per heavy atom. The molecule has 0 fully saturated rings. The number of fused-ring (bicyclic) bond motifs is 12. The number of hydrogen-bond donors (Lipinski definition) is 0. The molecule has 5 heteroatoms. The topological polar surface area (TPSA) is 48.5 Å². The third-order valence-corrected chi connectivity index (χ3v) is 11.9. The molecule has 0 amide bonds. The Hall–Kier alpha value is -6.85. The maximum absolute atomic E-state index is 5.51. The molecule has 2 aliphatic rings. The Labute approximate surface area is 340 Å². The molecule has 4 heterocycles. The van der Waals surface area contributed by atoms with E-state index in [1.54, 1.807) is 12.2 Å². The fraction of sp³-hybridized carbons (Fsp3) is 0.151. The standard InChI is InChI=1S/C45H33N5.C5H8.C3H6/c1-44(2)33-15-8-5-12-28(33)30-21-19-26(24-35(30)44)49-37-17-10-7-14-32(37)39-42(49)48-41-40-38(18-11-23-46-40)50(43(41)47-39)27-20-22-31-29-13-6-9-16-34(29)45(3,4)36(31)25-27;1-3-5-4-2;1-3-2/h5-25H,1-4H3;3-5H,1H2,2H3;3H,1H2,2H3/b;5-4-;. The van der Waals surface area contributed by atoms with Crippen LogP contribution in [0.3, 0.4) is 0 Å². The van der Waals surface area contributed by atoms with Gasteiger partial charge in [-0.05, 0) is 101 Å². The average molecular weight is 754 g/mol. The molecule has 284 valence electrons. The number of rotatable bonds is 3. The van der Waals surface area contributed by atoms with Crippen molar-refractivity contribution in [2.45, 2.75) is 52.4 Å². The van der Waals surface area contributed by atoms with Crippen molar-refractivity contribution in [1.29, 1.82) is 0 Å². The number of benzene rings is 5. The quantitative estimate of drug-likeness (QED) is 0.133. The number of aromatic nitrogens is 5. The van der Waals surface area contributed by atoms with Crippen LogP contribution < -0.4 is 0 Å². The van der Waals surface area contributed by atoms with E-state index >= 15 is 0 Å². The first-order valence-electron chi connectivity index (χ1n) is 20.0. The highest BCUT2D eigenvalue weighted by Gasteiger charge is 2.37. The van der Waals surface area contributed by atoms with Gasteiger partial charge in [-0.15, -0.1) is 6.58 Å². The van der Waals surface area contributed by atoms with E-state index < -0.39 is 0 Å². The van der Waals surface area contributed by atoms with Gasteiger partial charge >= 0.3 is 0 Å². The van der Waals surface area contributed by atoms with Crippen molar-refractivity contribution in [3.63, 3.8) is 0 Å². The maximum atomic E-state index is 5.51. The lowest BCUT2D eigenvalue weighted by Gasteiger charge is -2.22. The predicted octanol–water partition coefficient (Wildman–Crippen LogP) is 13.6. The monoisotopic (exact) mass is 753 g/mol. The van der Waals surface area contributed by atoms with Gasteiger partial charge in [-0.25, -0.2) is 9.97 Å². The van der Waals surface area contributed by atoms with Crippen LogP contribution in [0.4, 0.5) is 0 Å². The summed E-state index contributed by atoms with van der Waals surface area (Å²) < 4.78 is 4.54. The molecule has 0 radical (unpaired) electrons. The van der Waals surface area contributed by atoms with Crippen LogP contribution in [0.1, 0.15) is 63.8 Å². The molecule has 9 aromatic rings. The van der Waals surface area contributed by atoms with Crippen LogP contribution in [0.5, 0.6) is 0 Å². The Morgan fingerprint density at radius 1 is 0.517 bits per heavy atom. The van der Waals surface area contributed by atoms with Crippen molar-refractivity contribution in [2.24, 2.45) is 0 Å². The third kappa shape index (κ3) is 5.41. The summed E-state index contributed by atoms with van der Waals surface area (Å²) in [6.07, 6.45) is 9.18. The van der Waals surface area contributed by atoms with Crippen molar-refractivity contribution in [3.05, 3.63) is 187 Å². The van der Waals surface area contributed by atoms with Crippen LogP contribution in [0.25, 0.3) is 77.9 Å². The average Bonchev–Trinajstić information content (AvgIpc) is 3.89. The number of para-hydroxylation sites is 1. The molecule has 0 bridgehead atoms. The van der Waals surface area contributed by atoms with Crippen molar-refractivity contribution in [2.75, 3.05) is 0 Å². The Morgan fingerprint density at radius 2 is 1.00 bits per heavy atom. The second-order valence-corrected chi connectivity index (χ2v) is 16.1. The summed E-state index contributed by atoms with van der Waals surface area (Å²) in [6, 6.07) is 44.0. The van der Waals surface area contributed by atoms with Gasteiger partial charge in [0.1, 0.15) is 16.6 Å². The molecule has 0 aliphatic heterocycles. The number of nitrogens with zero attached hydrogens (tertiary/aromatic N) is 5. The second kappa shape index (κ2) is 14.0.